The second kappa shape index (κ2) is 6.78. The van der Waals surface area contributed by atoms with Gasteiger partial charge in [-0.25, -0.2) is 0 Å². The van der Waals surface area contributed by atoms with E-state index in [0.717, 1.165) is 5.70 Å². The molecule has 5 rings (SSSR count). The number of nitrogens with zero attached hydrogens (tertiary/aromatic N) is 1. The molecule has 1 heterocycles. The lowest BCUT2D eigenvalue weighted by Gasteiger charge is -2.30. The summed E-state index contributed by atoms with van der Waals surface area (Å²) in [6, 6.07) is 20.1. The summed E-state index contributed by atoms with van der Waals surface area (Å²) in [5.74, 6) is -0.375. The standard InChI is InChI=1S/C28H25NO2/c1-17(2)29-24(16-14-22-26(30)20-11-7-8-12-21(20)27(22)31)28(3,4)23-15-13-18-9-5-6-10-19(18)25(23)29/h5-17H,1-4H3/b24-16+. The fraction of sp³-hybridized carbons (Fsp3) is 0.214. The molecule has 1 aliphatic carbocycles. The molecule has 3 aromatic rings. The molecule has 0 aromatic heterocycles. The lowest BCUT2D eigenvalue weighted by atomic mass is 9.83. The van der Waals surface area contributed by atoms with Crippen molar-refractivity contribution >= 4 is 28.0 Å². The number of benzene rings is 3. The van der Waals surface area contributed by atoms with Crippen molar-refractivity contribution in [2.45, 2.75) is 39.2 Å². The number of carbonyl (C=O) groups is 2. The molecule has 0 unspecified atom stereocenters. The van der Waals surface area contributed by atoms with Crippen molar-refractivity contribution in [2.24, 2.45) is 0 Å². The number of hydrogen-bond donors (Lipinski definition) is 0. The molecule has 0 N–H and O–H groups in total. The zero-order chi connectivity index (χ0) is 21.9. The Balaban J connectivity index is 1.68. The van der Waals surface area contributed by atoms with Gasteiger partial charge in [-0.2, -0.15) is 0 Å². The minimum Gasteiger partial charge on any atom is -0.341 e. The molecular formula is C28H25NO2. The highest BCUT2D eigenvalue weighted by molar-refractivity contribution is 6.39. The predicted octanol–water partition coefficient (Wildman–Crippen LogP) is 6.24. The molecule has 0 saturated heterocycles. The monoisotopic (exact) mass is 407 g/mol. The molecule has 0 fully saturated rings. The third kappa shape index (κ3) is 2.73. The number of Topliss-reactive ketones (excluding diaryl/α,β-unsaturated/α-hetero) is 2. The molecule has 3 nitrogen and oxygen atoms in total. The molecule has 0 spiro atoms. The highest BCUT2D eigenvalue weighted by Gasteiger charge is 2.42. The van der Waals surface area contributed by atoms with Crippen LogP contribution >= 0.6 is 0 Å². The van der Waals surface area contributed by atoms with E-state index in [2.05, 4.69) is 69.0 Å². The summed E-state index contributed by atoms with van der Waals surface area (Å²) in [5, 5.41) is 2.43. The van der Waals surface area contributed by atoms with Crippen LogP contribution in [0.5, 0.6) is 0 Å². The molecule has 0 radical (unpaired) electrons. The maximum atomic E-state index is 12.8. The molecule has 31 heavy (non-hydrogen) atoms. The van der Waals surface area contributed by atoms with E-state index in [-0.39, 0.29) is 28.6 Å². The number of anilines is 1. The Morgan fingerprint density at radius 3 is 2.06 bits per heavy atom. The van der Waals surface area contributed by atoms with Crippen molar-refractivity contribution in [3.8, 4) is 0 Å². The van der Waals surface area contributed by atoms with Crippen LogP contribution in [0.3, 0.4) is 0 Å². The number of ketones is 2. The first-order chi connectivity index (χ1) is 14.8. The number of allylic oxidation sites excluding steroid dienone is 4. The molecule has 0 atom stereocenters. The Morgan fingerprint density at radius 1 is 0.806 bits per heavy atom. The van der Waals surface area contributed by atoms with Gasteiger partial charge in [-0.1, -0.05) is 74.5 Å². The first-order valence-corrected chi connectivity index (χ1v) is 10.7. The number of fused-ring (bicyclic) bond motifs is 4. The van der Waals surface area contributed by atoms with Gasteiger partial charge in [-0.3, -0.25) is 9.59 Å². The average Bonchev–Trinajstić information content (AvgIpc) is 3.14. The lowest BCUT2D eigenvalue weighted by molar-refractivity contribution is 0.0988. The van der Waals surface area contributed by atoms with Gasteiger partial charge in [0.25, 0.3) is 0 Å². The van der Waals surface area contributed by atoms with Crippen molar-refractivity contribution in [1.29, 1.82) is 0 Å². The molecule has 3 heteroatoms. The minimum atomic E-state index is -0.252. The highest BCUT2D eigenvalue weighted by atomic mass is 16.2. The van der Waals surface area contributed by atoms with Crippen LogP contribution in [-0.4, -0.2) is 17.6 Å². The van der Waals surface area contributed by atoms with Crippen molar-refractivity contribution in [3.63, 3.8) is 0 Å². The van der Waals surface area contributed by atoms with E-state index in [1.54, 1.807) is 30.3 Å². The number of hydrogen-bond acceptors (Lipinski definition) is 3. The Labute approximate surface area is 182 Å². The molecule has 0 bridgehead atoms. The normalized spacial score (nSPS) is 18.3. The highest BCUT2D eigenvalue weighted by Crippen LogP contribution is 2.51. The zero-order valence-corrected chi connectivity index (χ0v) is 18.3. The van der Waals surface area contributed by atoms with E-state index in [9.17, 15) is 9.59 Å². The summed E-state index contributed by atoms with van der Waals surface area (Å²) >= 11 is 0. The van der Waals surface area contributed by atoms with Crippen molar-refractivity contribution in [2.75, 3.05) is 4.90 Å². The van der Waals surface area contributed by atoms with Gasteiger partial charge in [0.2, 0.25) is 0 Å². The summed E-state index contributed by atoms with van der Waals surface area (Å²) in [5.41, 5.74) is 4.56. The Hall–Kier alpha value is -3.46. The SMILES string of the molecule is CC(C)N1/C(=C/C=C2C(=O)c3ccccc3C2=O)C(C)(C)c2ccc3ccccc3c21. The predicted molar refractivity (Wildman–Crippen MR) is 126 cm³/mol. The van der Waals surface area contributed by atoms with E-state index >= 15 is 0 Å². The second-order valence-corrected chi connectivity index (χ2v) is 9.11. The van der Waals surface area contributed by atoms with E-state index < -0.39 is 0 Å². The van der Waals surface area contributed by atoms with Crippen LogP contribution in [0.2, 0.25) is 0 Å². The smallest absolute Gasteiger partial charge is 0.197 e. The van der Waals surface area contributed by atoms with Crippen molar-refractivity contribution in [1.82, 2.24) is 0 Å². The molecular weight excluding hydrogens is 382 g/mol. The van der Waals surface area contributed by atoms with Crippen molar-refractivity contribution < 1.29 is 9.59 Å². The topological polar surface area (TPSA) is 37.4 Å². The number of rotatable bonds is 2. The maximum absolute atomic E-state index is 12.8. The van der Waals surface area contributed by atoms with Crippen molar-refractivity contribution in [3.05, 3.63) is 101 Å². The van der Waals surface area contributed by atoms with E-state index in [1.807, 2.05) is 6.08 Å². The Morgan fingerprint density at radius 2 is 1.42 bits per heavy atom. The molecule has 1 aliphatic heterocycles. The van der Waals surface area contributed by atoms with Crippen LogP contribution in [0, 0.1) is 0 Å². The third-order valence-electron chi connectivity index (χ3n) is 6.54. The number of carbonyl (C=O) groups excluding carboxylic acids is 2. The van der Waals surface area contributed by atoms with Gasteiger partial charge in [-0.05, 0) is 36.9 Å². The second-order valence-electron chi connectivity index (χ2n) is 9.11. The van der Waals surface area contributed by atoms with E-state index in [0.29, 0.717) is 11.1 Å². The van der Waals surface area contributed by atoms with Gasteiger partial charge < -0.3 is 4.90 Å². The van der Waals surface area contributed by atoms with Gasteiger partial charge >= 0.3 is 0 Å². The Kier molecular flexibility index (Phi) is 4.26. The third-order valence-corrected chi connectivity index (χ3v) is 6.54. The quantitative estimate of drug-likeness (QED) is 0.373. The fourth-order valence-electron chi connectivity index (χ4n) is 4.99. The molecule has 0 saturated carbocycles. The maximum Gasteiger partial charge on any atom is 0.197 e. The van der Waals surface area contributed by atoms with Crippen LogP contribution in [0.1, 0.15) is 54.0 Å². The zero-order valence-electron chi connectivity index (χ0n) is 18.3. The van der Waals surface area contributed by atoms with Crippen LogP contribution in [0.4, 0.5) is 5.69 Å². The van der Waals surface area contributed by atoms with E-state index in [4.69, 9.17) is 0 Å². The summed E-state index contributed by atoms with van der Waals surface area (Å²) in [6.45, 7) is 8.77. The Bertz CT molecular complexity index is 1290. The molecule has 154 valence electrons. The molecule has 0 amide bonds. The summed E-state index contributed by atoms with van der Waals surface area (Å²) in [6.07, 6.45) is 3.71. The van der Waals surface area contributed by atoms with E-state index in [1.165, 1.54) is 22.0 Å². The minimum absolute atomic E-state index is 0.188. The van der Waals surface area contributed by atoms with Gasteiger partial charge in [0.05, 0.1) is 11.3 Å². The van der Waals surface area contributed by atoms with Gasteiger partial charge in [-0.15, -0.1) is 0 Å². The molecule has 3 aromatic carbocycles. The fourth-order valence-corrected chi connectivity index (χ4v) is 4.99. The molecule has 2 aliphatic rings. The van der Waals surface area contributed by atoms with Crippen LogP contribution in [-0.2, 0) is 5.41 Å². The first kappa shape index (κ1) is 19.5. The van der Waals surface area contributed by atoms with Gasteiger partial charge in [0.15, 0.2) is 11.6 Å². The summed E-state index contributed by atoms with van der Waals surface area (Å²) < 4.78 is 0. The summed E-state index contributed by atoms with van der Waals surface area (Å²) in [7, 11) is 0. The lowest BCUT2D eigenvalue weighted by Crippen LogP contribution is -2.31. The van der Waals surface area contributed by atoms with Crippen LogP contribution < -0.4 is 4.90 Å². The largest absolute Gasteiger partial charge is 0.341 e. The van der Waals surface area contributed by atoms with Crippen LogP contribution in [0.15, 0.2) is 84.1 Å². The average molecular weight is 408 g/mol. The van der Waals surface area contributed by atoms with Gasteiger partial charge in [0.1, 0.15) is 0 Å². The summed E-state index contributed by atoms with van der Waals surface area (Å²) in [4.78, 5) is 28.1. The van der Waals surface area contributed by atoms with Gasteiger partial charge in [0, 0.05) is 33.7 Å². The first-order valence-electron chi connectivity index (χ1n) is 10.7. The van der Waals surface area contributed by atoms with Crippen LogP contribution in [0.25, 0.3) is 10.8 Å².